The number of aromatic nitrogens is 1. The molecule has 0 N–H and O–H groups in total. The molecule has 0 saturated heterocycles. The van der Waals surface area contributed by atoms with Crippen LogP contribution < -0.4 is 19.6 Å². The number of hydrogen-bond donors (Lipinski definition) is 0. The lowest BCUT2D eigenvalue weighted by molar-refractivity contribution is -0.140. The molecular weight excluding hydrogens is 810 g/mol. The van der Waals surface area contributed by atoms with E-state index in [1.807, 2.05) is 22.6 Å². The Morgan fingerprint density at radius 3 is 2.40 bits per heavy atom. The van der Waals surface area contributed by atoms with E-state index in [4.69, 9.17) is 55.9 Å². The molecule has 1 atom stereocenters. The van der Waals surface area contributed by atoms with Crippen LogP contribution in [0.5, 0.6) is 5.75 Å². The summed E-state index contributed by atoms with van der Waals surface area (Å²) >= 11 is 27.3. The van der Waals surface area contributed by atoms with E-state index in [-0.39, 0.29) is 28.1 Å². The first kappa shape index (κ1) is 33.8. The van der Waals surface area contributed by atoms with E-state index in [0.717, 1.165) is 21.5 Å². The smallest absolute Gasteiger partial charge is 0.434 e. The van der Waals surface area contributed by atoms with Gasteiger partial charge in [0.1, 0.15) is 12.4 Å². The molecule has 1 aromatic heterocycles. The number of allylic oxidation sites excluding steroid dienone is 1. The summed E-state index contributed by atoms with van der Waals surface area (Å²) in [5, 5.41) is 1.38. The van der Waals surface area contributed by atoms with Crippen LogP contribution in [0.2, 0.25) is 20.1 Å². The van der Waals surface area contributed by atoms with Crippen molar-refractivity contribution in [3.63, 3.8) is 0 Å². The molecule has 4 aromatic rings. The fourth-order valence-corrected chi connectivity index (χ4v) is 7.22. The zero-order valence-electron chi connectivity index (χ0n) is 22.7. The second kappa shape index (κ2) is 13.7. The van der Waals surface area contributed by atoms with Gasteiger partial charge in [-0.05, 0) is 83.1 Å². The maximum atomic E-state index is 14.4. The number of nitrogens with zero attached hydrogens (tertiary/aromatic N) is 2. The quantitative estimate of drug-likeness (QED) is 0.140. The SMILES string of the molecule is CCOC(=O)C1=C(C(F)(F)F)N=c2s/c(=C\c3cc(Cl)cc(I)c3OCc3ccc(Cl)c(Cl)c3)c(=O)n2[C@@H]1c1ccc(Cl)cc1. The van der Waals surface area contributed by atoms with E-state index in [1.54, 1.807) is 30.3 Å². The van der Waals surface area contributed by atoms with Crippen molar-refractivity contribution in [2.75, 3.05) is 6.61 Å². The Bertz CT molecular complexity index is 2030. The Kier molecular flexibility index (Phi) is 10.3. The summed E-state index contributed by atoms with van der Waals surface area (Å²) in [5.74, 6) is -0.875. The molecule has 1 aliphatic heterocycles. The second-order valence-corrected chi connectivity index (χ2v) is 13.3. The van der Waals surface area contributed by atoms with Crippen LogP contribution in [0, 0.1) is 3.57 Å². The molecule has 45 heavy (non-hydrogen) atoms. The third-order valence-electron chi connectivity index (χ3n) is 6.47. The number of alkyl halides is 3. The summed E-state index contributed by atoms with van der Waals surface area (Å²) in [7, 11) is 0. The summed E-state index contributed by atoms with van der Waals surface area (Å²) in [6.07, 6.45) is -3.57. The highest BCUT2D eigenvalue weighted by atomic mass is 127. The number of carbonyl (C=O) groups is 1. The Morgan fingerprint density at radius 1 is 1.04 bits per heavy atom. The number of halogens is 8. The molecule has 1 aliphatic rings. The number of hydrogen-bond acceptors (Lipinski definition) is 6. The van der Waals surface area contributed by atoms with Gasteiger partial charge >= 0.3 is 12.1 Å². The van der Waals surface area contributed by atoms with E-state index in [9.17, 15) is 22.8 Å². The summed E-state index contributed by atoms with van der Waals surface area (Å²) in [6.45, 7) is 1.36. The van der Waals surface area contributed by atoms with Crippen LogP contribution in [-0.4, -0.2) is 23.3 Å². The van der Waals surface area contributed by atoms with Gasteiger partial charge in [0.25, 0.3) is 5.56 Å². The highest BCUT2D eigenvalue weighted by Crippen LogP contribution is 2.39. The van der Waals surface area contributed by atoms with E-state index >= 15 is 0 Å². The van der Waals surface area contributed by atoms with Crippen molar-refractivity contribution < 1.29 is 27.4 Å². The number of esters is 1. The summed E-state index contributed by atoms with van der Waals surface area (Å²) in [6, 6.07) is 12.5. The van der Waals surface area contributed by atoms with Gasteiger partial charge in [-0.25, -0.2) is 9.79 Å². The van der Waals surface area contributed by atoms with Gasteiger partial charge in [0.2, 0.25) is 0 Å². The fraction of sp³-hybridized carbons (Fsp3) is 0.167. The lowest BCUT2D eigenvalue weighted by atomic mass is 9.95. The van der Waals surface area contributed by atoms with Gasteiger partial charge in [0.15, 0.2) is 10.5 Å². The lowest BCUT2D eigenvalue weighted by Crippen LogP contribution is -2.41. The van der Waals surface area contributed by atoms with Crippen molar-refractivity contribution >= 4 is 92.4 Å². The molecular formula is C30H18Cl4F3IN2O4S. The molecule has 3 aromatic carbocycles. The van der Waals surface area contributed by atoms with Gasteiger partial charge in [-0.3, -0.25) is 9.36 Å². The first-order valence-electron chi connectivity index (χ1n) is 12.9. The average Bonchev–Trinajstić information content (AvgIpc) is 3.28. The van der Waals surface area contributed by atoms with Gasteiger partial charge in [-0.15, -0.1) is 0 Å². The first-order chi connectivity index (χ1) is 21.3. The van der Waals surface area contributed by atoms with E-state index in [2.05, 4.69) is 4.99 Å². The fourth-order valence-electron chi connectivity index (χ4n) is 4.57. The molecule has 0 unspecified atom stereocenters. The topological polar surface area (TPSA) is 69.9 Å². The number of benzene rings is 3. The maximum absolute atomic E-state index is 14.4. The van der Waals surface area contributed by atoms with Crippen LogP contribution in [0.4, 0.5) is 13.2 Å². The first-order valence-corrected chi connectivity index (χ1v) is 16.3. The van der Waals surface area contributed by atoms with Crippen molar-refractivity contribution in [1.82, 2.24) is 4.57 Å². The zero-order valence-corrected chi connectivity index (χ0v) is 28.7. The number of carbonyl (C=O) groups excluding carboxylic acids is 1. The third-order valence-corrected chi connectivity index (χ3v) is 9.47. The number of ether oxygens (including phenoxy) is 2. The third kappa shape index (κ3) is 7.23. The molecule has 0 radical (unpaired) electrons. The van der Waals surface area contributed by atoms with Gasteiger partial charge in [-0.1, -0.05) is 75.9 Å². The Hall–Kier alpha value is -2.55. The van der Waals surface area contributed by atoms with Crippen molar-refractivity contribution in [3.8, 4) is 5.75 Å². The number of fused-ring (bicyclic) bond motifs is 1. The van der Waals surface area contributed by atoms with Crippen molar-refractivity contribution in [2.24, 2.45) is 4.99 Å². The highest BCUT2D eigenvalue weighted by Gasteiger charge is 2.45. The lowest BCUT2D eigenvalue weighted by Gasteiger charge is -2.26. The zero-order chi connectivity index (χ0) is 32.6. The van der Waals surface area contributed by atoms with E-state index in [0.29, 0.717) is 35.0 Å². The molecule has 0 saturated carbocycles. The molecule has 5 rings (SSSR count). The molecule has 0 spiro atoms. The summed E-state index contributed by atoms with van der Waals surface area (Å²) < 4.78 is 56.0. The number of thiazole rings is 1. The molecule has 0 fully saturated rings. The largest absolute Gasteiger partial charge is 0.487 e. The molecule has 15 heteroatoms. The van der Waals surface area contributed by atoms with Crippen LogP contribution in [0.3, 0.4) is 0 Å². The minimum Gasteiger partial charge on any atom is -0.487 e. The van der Waals surface area contributed by atoms with E-state index in [1.165, 1.54) is 37.3 Å². The molecule has 0 aliphatic carbocycles. The van der Waals surface area contributed by atoms with Gasteiger partial charge < -0.3 is 9.47 Å². The minimum atomic E-state index is -5.03. The standard InChI is InChI=1S/C30H18Cl4F3IN2O4S/c1-2-43-28(42)23-24(15-4-6-17(31)7-5-15)40-27(41)22(45-29(40)39-26(23)30(35,36)37)11-16-10-18(32)12-21(38)25(16)44-13-14-3-8-19(33)20(34)9-14/h3-12,24H,2,13H2,1H3/b22-11-/t24-/m1/s1. The van der Waals surface area contributed by atoms with Crippen molar-refractivity contribution in [2.45, 2.75) is 25.7 Å². The van der Waals surface area contributed by atoms with E-state index < -0.39 is 35.0 Å². The molecule has 234 valence electrons. The molecule has 2 heterocycles. The predicted molar refractivity (Wildman–Crippen MR) is 177 cm³/mol. The van der Waals surface area contributed by atoms with Gasteiger partial charge in [-0.2, -0.15) is 13.2 Å². The molecule has 0 bridgehead atoms. The molecule has 0 amide bonds. The normalized spacial score (nSPS) is 15.1. The van der Waals surface area contributed by atoms with Crippen molar-refractivity contribution in [3.05, 3.63) is 126 Å². The monoisotopic (exact) mass is 826 g/mol. The average molecular weight is 828 g/mol. The Balaban J connectivity index is 1.70. The second-order valence-electron chi connectivity index (χ2n) is 9.46. The van der Waals surface area contributed by atoms with Gasteiger partial charge in [0.05, 0.1) is 36.4 Å². The number of rotatable bonds is 7. The minimum absolute atomic E-state index is 0.0248. The maximum Gasteiger partial charge on any atom is 0.434 e. The van der Waals surface area contributed by atoms with Gasteiger partial charge in [0, 0.05) is 15.6 Å². The van der Waals surface area contributed by atoms with Crippen LogP contribution in [0.25, 0.3) is 6.08 Å². The molecule has 6 nitrogen and oxygen atoms in total. The van der Waals surface area contributed by atoms with Crippen LogP contribution in [0.1, 0.15) is 29.7 Å². The summed E-state index contributed by atoms with van der Waals surface area (Å²) in [4.78, 5) is 30.5. The Morgan fingerprint density at radius 2 is 1.76 bits per heavy atom. The van der Waals surface area contributed by atoms with Crippen molar-refractivity contribution in [1.29, 1.82) is 0 Å². The Labute approximate surface area is 291 Å². The predicted octanol–water partition coefficient (Wildman–Crippen LogP) is 8.14. The van der Waals surface area contributed by atoms with Crippen LogP contribution in [0.15, 0.2) is 75.7 Å². The van der Waals surface area contributed by atoms with Crippen LogP contribution >= 0.6 is 80.3 Å². The highest BCUT2D eigenvalue weighted by molar-refractivity contribution is 14.1. The summed E-state index contributed by atoms with van der Waals surface area (Å²) in [5.41, 5.74) is -1.64. The van der Waals surface area contributed by atoms with Crippen LogP contribution in [-0.2, 0) is 16.1 Å².